The highest BCUT2D eigenvalue weighted by molar-refractivity contribution is 5.60. The lowest BCUT2D eigenvalue weighted by atomic mass is 9.96. The van der Waals surface area contributed by atoms with Gasteiger partial charge in [-0.2, -0.15) is 5.26 Å². The lowest BCUT2D eigenvalue weighted by Crippen LogP contribution is -2.35. The van der Waals surface area contributed by atoms with Crippen LogP contribution in [0.2, 0.25) is 0 Å². The fourth-order valence-corrected chi connectivity index (χ4v) is 2.82. The molecule has 0 spiro atoms. The Balaban J connectivity index is 2.05. The SMILES string of the molecule is CCCNCc1ccc(N2CCC(CO)CC2)c(C#N)c1. The molecule has 0 unspecified atom stereocenters. The van der Waals surface area contributed by atoms with Gasteiger partial charge in [-0.05, 0) is 49.4 Å². The predicted molar refractivity (Wildman–Crippen MR) is 85.2 cm³/mol. The molecule has 1 aliphatic rings. The van der Waals surface area contributed by atoms with Crippen molar-refractivity contribution >= 4 is 5.69 Å². The van der Waals surface area contributed by atoms with Gasteiger partial charge in [0, 0.05) is 26.2 Å². The number of nitrogens with zero attached hydrogens (tertiary/aromatic N) is 2. The zero-order valence-corrected chi connectivity index (χ0v) is 12.8. The zero-order valence-electron chi connectivity index (χ0n) is 12.8. The molecule has 2 rings (SSSR count). The molecule has 0 aliphatic carbocycles. The number of anilines is 1. The van der Waals surface area contributed by atoms with Crippen molar-refractivity contribution in [2.75, 3.05) is 31.1 Å². The first-order valence-corrected chi connectivity index (χ1v) is 7.88. The highest BCUT2D eigenvalue weighted by atomic mass is 16.3. The maximum Gasteiger partial charge on any atom is 0.101 e. The summed E-state index contributed by atoms with van der Waals surface area (Å²) in [6.45, 7) is 6.09. The average Bonchev–Trinajstić information content (AvgIpc) is 2.55. The van der Waals surface area contributed by atoms with Crippen molar-refractivity contribution in [2.24, 2.45) is 5.92 Å². The fourth-order valence-electron chi connectivity index (χ4n) is 2.82. The van der Waals surface area contributed by atoms with E-state index in [9.17, 15) is 10.4 Å². The minimum Gasteiger partial charge on any atom is -0.396 e. The second-order valence-electron chi connectivity index (χ2n) is 5.75. The van der Waals surface area contributed by atoms with Gasteiger partial charge in [-0.1, -0.05) is 13.0 Å². The number of hydrogen-bond donors (Lipinski definition) is 2. The van der Waals surface area contributed by atoms with Crippen LogP contribution in [0.3, 0.4) is 0 Å². The van der Waals surface area contributed by atoms with Gasteiger partial charge in [0.05, 0.1) is 11.3 Å². The van der Waals surface area contributed by atoms with Gasteiger partial charge in [0.2, 0.25) is 0 Å². The molecule has 0 atom stereocenters. The number of rotatable bonds is 6. The number of nitrogens with one attached hydrogen (secondary N) is 1. The van der Waals surface area contributed by atoms with Crippen LogP contribution in [-0.4, -0.2) is 31.3 Å². The third-order valence-electron chi connectivity index (χ3n) is 4.15. The lowest BCUT2D eigenvalue weighted by molar-refractivity contribution is 0.203. The number of aliphatic hydroxyl groups excluding tert-OH is 1. The van der Waals surface area contributed by atoms with E-state index in [0.717, 1.165) is 62.3 Å². The molecule has 2 N–H and O–H groups in total. The molecule has 0 bridgehead atoms. The second-order valence-corrected chi connectivity index (χ2v) is 5.75. The molecule has 4 nitrogen and oxygen atoms in total. The first-order chi connectivity index (χ1) is 10.3. The smallest absolute Gasteiger partial charge is 0.101 e. The van der Waals surface area contributed by atoms with Crippen molar-refractivity contribution in [3.05, 3.63) is 29.3 Å². The Morgan fingerprint density at radius 2 is 2.14 bits per heavy atom. The van der Waals surface area contributed by atoms with Gasteiger partial charge in [0.1, 0.15) is 6.07 Å². The summed E-state index contributed by atoms with van der Waals surface area (Å²) in [4.78, 5) is 2.27. The summed E-state index contributed by atoms with van der Waals surface area (Å²) in [6.07, 6.45) is 3.12. The molecule has 0 saturated carbocycles. The first kappa shape index (κ1) is 15.8. The van der Waals surface area contributed by atoms with Crippen LogP contribution < -0.4 is 10.2 Å². The van der Waals surface area contributed by atoms with Gasteiger partial charge in [-0.15, -0.1) is 0 Å². The number of benzene rings is 1. The Kier molecular flexibility index (Phi) is 6.04. The Morgan fingerprint density at radius 3 is 2.76 bits per heavy atom. The lowest BCUT2D eigenvalue weighted by Gasteiger charge is -2.33. The number of nitriles is 1. The molecule has 4 heteroatoms. The maximum atomic E-state index is 9.41. The van der Waals surface area contributed by atoms with Crippen LogP contribution in [0.1, 0.15) is 37.3 Å². The maximum absolute atomic E-state index is 9.41. The van der Waals surface area contributed by atoms with Crippen LogP contribution in [0, 0.1) is 17.2 Å². The average molecular weight is 287 g/mol. The molecule has 0 radical (unpaired) electrons. The Bertz CT molecular complexity index is 487. The van der Waals surface area contributed by atoms with E-state index < -0.39 is 0 Å². The summed E-state index contributed by atoms with van der Waals surface area (Å²) in [5.74, 6) is 0.421. The van der Waals surface area contributed by atoms with Crippen molar-refractivity contribution in [2.45, 2.75) is 32.7 Å². The highest BCUT2D eigenvalue weighted by Crippen LogP contribution is 2.26. The Labute approximate surface area is 127 Å². The van der Waals surface area contributed by atoms with Gasteiger partial charge >= 0.3 is 0 Å². The summed E-state index contributed by atoms with van der Waals surface area (Å²) < 4.78 is 0. The van der Waals surface area contributed by atoms with E-state index in [1.54, 1.807) is 0 Å². The number of hydrogen-bond acceptors (Lipinski definition) is 4. The van der Waals surface area contributed by atoms with Gasteiger partial charge in [-0.25, -0.2) is 0 Å². The number of piperidine rings is 1. The van der Waals surface area contributed by atoms with Gasteiger partial charge in [0.15, 0.2) is 0 Å². The van der Waals surface area contributed by atoms with E-state index in [0.29, 0.717) is 5.92 Å². The van der Waals surface area contributed by atoms with Gasteiger partial charge in [0.25, 0.3) is 0 Å². The molecule has 1 aliphatic heterocycles. The van der Waals surface area contributed by atoms with Gasteiger partial charge < -0.3 is 15.3 Å². The van der Waals surface area contributed by atoms with Crippen LogP contribution >= 0.6 is 0 Å². The minimum atomic E-state index is 0.279. The second kappa shape index (κ2) is 8.02. The minimum absolute atomic E-state index is 0.279. The molecule has 1 fully saturated rings. The van der Waals surface area contributed by atoms with Crippen molar-refractivity contribution in [3.63, 3.8) is 0 Å². The van der Waals surface area contributed by atoms with Crippen molar-refractivity contribution in [1.29, 1.82) is 5.26 Å². The summed E-state index contributed by atoms with van der Waals surface area (Å²) in [7, 11) is 0. The number of aliphatic hydroxyl groups is 1. The van der Waals surface area contributed by atoms with Crippen LogP contribution in [0.4, 0.5) is 5.69 Å². The molecule has 1 saturated heterocycles. The summed E-state index contributed by atoms with van der Waals surface area (Å²) in [6, 6.07) is 8.50. The van der Waals surface area contributed by atoms with Crippen molar-refractivity contribution in [3.8, 4) is 6.07 Å². The normalized spacial score (nSPS) is 16.0. The quantitative estimate of drug-likeness (QED) is 0.788. The molecule has 0 amide bonds. The van der Waals surface area contributed by atoms with Crippen LogP contribution in [0.25, 0.3) is 0 Å². The van der Waals surface area contributed by atoms with Crippen LogP contribution in [-0.2, 0) is 6.54 Å². The van der Waals surface area contributed by atoms with Crippen molar-refractivity contribution < 1.29 is 5.11 Å². The molecular weight excluding hydrogens is 262 g/mol. The topological polar surface area (TPSA) is 59.3 Å². The van der Waals surface area contributed by atoms with Crippen LogP contribution in [0.5, 0.6) is 0 Å². The molecule has 21 heavy (non-hydrogen) atoms. The largest absolute Gasteiger partial charge is 0.396 e. The third-order valence-corrected chi connectivity index (χ3v) is 4.15. The molecule has 0 aromatic heterocycles. The van der Waals surface area contributed by atoms with Crippen molar-refractivity contribution in [1.82, 2.24) is 5.32 Å². The van der Waals surface area contributed by atoms with Gasteiger partial charge in [-0.3, -0.25) is 0 Å². The van der Waals surface area contributed by atoms with E-state index >= 15 is 0 Å². The summed E-state index contributed by atoms with van der Waals surface area (Å²) in [5.41, 5.74) is 2.95. The monoisotopic (exact) mass is 287 g/mol. The standard InChI is InChI=1S/C17H25N3O/c1-2-7-19-12-15-3-4-17(16(10-15)11-18)20-8-5-14(13-21)6-9-20/h3-4,10,14,19,21H,2,5-9,12-13H2,1H3. The highest BCUT2D eigenvalue weighted by Gasteiger charge is 2.20. The summed E-state index contributed by atoms with van der Waals surface area (Å²) in [5, 5.41) is 22.0. The molecular formula is C17H25N3O. The Morgan fingerprint density at radius 1 is 1.38 bits per heavy atom. The Hall–Kier alpha value is -1.57. The van der Waals surface area contributed by atoms with E-state index in [2.05, 4.69) is 35.3 Å². The third kappa shape index (κ3) is 4.20. The molecule has 1 aromatic rings. The van der Waals surface area contributed by atoms with E-state index in [1.807, 2.05) is 6.07 Å². The van der Waals surface area contributed by atoms with E-state index in [4.69, 9.17) is 0 Å². The predicted octanol–water partition coefficient (Wildman–Crippen LogP) is 2.27. The van der Waals surface area contributed by atoms with Crippen LogP contribution in [0.15, 0.2) is 18.2 Å². The fraction of sp³-hybridized carbons (Fsp3) is 0.588. The zero-order chi connectivity index (χ0) is 15.1. The molecule has 1 heterocycles. The first-order valence-electron chi connectivity index (χ1n) is 7.88. The summed E-state index contributed by atoms with van der Waals surface area (Å²) >= 11 is 0. The molecule has 1 aromatic carbocycles. The molecule has 114 valence electrons. The van der Waals surface area contributed by atoms with E-state index in [1.165, 1.54) is 0 Å². The van der Waals surface area contributed by atoms with E-state index in [-0.39, 0.29) is 6.61 Å².